The van der Waals surface area contributed by atoms with Crippen LogP contribution in [0.3, 0.4) is 0 Å². The van der Waals surface area contributed by atoms with Crippen molar-refractivity contribution in [3.63, 3.8) is 0 Å². The predicted octanol–water partition coefficient (Wildman–Crippen LogP) is 5.72. The number of rotatable bonds is 11. The molecule has 0 aliphatic rings. The van der Waals surface area contributed by atoms with Crippen molar-refractivity contribution in [1.29, 1.82) is 0 Å². The molecule has 0 fully saturated rings. The van der Waals surface area contributed by atoms with Gasteiger partial charge in [-0.25, -0.2) is 0 Å². The van der Waals surface area contributed by atoms with Gasteiger partial charge in [0.1, 0.15) is 5.75 Å². The zero-order chi connectivity index (χ0) is 27.7. The van der Waals surface area contributed by atoms with Crippen molar-refractivity contribution in [2.24, 2.45) is 0 Å². The second kappa shape index (κ2) is 13.0. The summed E-state index contributed by atoms with van der Waals surface area (Å²) in [5, 5.41) is 0. The average Bonchev–Trinajstić information content (AvgIpc) is 2.94. The van der Waals surface area contributed by atoms with Crippen molar-refractivity contribution in [1.82, 2.24) is 0 Å². The number of esters is 1. The Hall–Kier alpha value is -4.72. The smallest absolute Gasteiger partial charge is 0.308 e. The van der Waals surface area contributed by atoms with E-state index in [0.29, 0.717) is 39.9 Å². The summed E-state index contributed by atoms with van der Waals surface area (Å²) < 4.78 is 32.0. The largest absolute Gasteiger partial charge is 0.496 e. The summed E-state index contributed by atoms with van der Waals surface area (Å²) in [5.74, 6) is 1.96. The second-order valence-electron chi connectivity index (χ2n) is 7.95. The van der Waals surface area contributed by atoms with Crippen LogP contribution in [-0.2, 0) is 4.79 Å². The third-order valence-electron chi connectivity index (χ3n) is 5.54. The zero-order valence-corrected chi connectivity index (χ0v) is 22.2. The van der Waals surface area contributed by atoms with Gasteiger partial charge in [0.2, 0.25) is 5.75 Å². The van der Waals surface area contributed by atoms with Gasteiger partial charge in [0, 0.05) is 24.1 Å². The van der Waals surface area contributed by atoms with Crippen molar-refractivity contribution in [2.75, 3.05) is 35.5 Å². The standard InChI is InChI=1S/C30H30O8/c1-19(31)38-30-28(36-5)15-21(16-29(30)37-6)8-7-20-9-11-22(12-10-20)24(32)14-13-23-17-26(34-3)27(35-4)18-25(23)33-2/h7-18H,1-6H3/b8-7+,14-13+. The Labute approximate surface area is 222 Å². The molecule has 0 aromatic heterocycles. The van der Waals surface area contributed by atoms with Crippen LogP contribution in [0.4, 0.5) is 0 Å². The molecule has 0 N–H and O–H groups in total. The molecule has 3 aromatic carbocycles. The van der Waals surface area contributed by atoms with Crippen LogP contribution in [0.1, 0.15) is 34.0 Å². The average molecular weight is 519 g/mol. The molecule has 8 heteroatoms. The molecule has 38 heavy (non-hydrogen) atoms. The van der Waals surface area contributed by atoms with Gasteiger partial charge in [-0.15, -0.1) is 0 Å². The van der Waals surface area contributed by atoms with Crippen molar-refractivity contribution < 1.29 is 38.0 Å². The van der Waals surface area contributed by atoms with Crippen LogP contribution in [0, 0.1) is 0 Å². The minimum Gasteiger partial charge on any atom is -0.496 e. The summed E-state index contributed by atoms with van der Waals surface area (Å²) in [6, 6.07) is 14.1. The van der Waals surface area contributed by atoms with Crippen LogP contribution < -0.4 is 28.4 Å². The van der Waals surface area contributed by atoms with E-state index in [1.54, 1.807) is 63.8 Å². The number of ketones is 1. The fourth-order valence-corrected chi connectivity index (χ4v) is 3.64. The lowest BCUT2D eigenvalue weighted by Crippen LogP contribution is -2.05. The first kappa shape index (κ1) is 27.9. The van der Waals surface area contributed by atoms with Crippen LogP contribution in [0.25, 0.3) is 18.2 Å². The van der Waals surface area contributed by atoms with Gasteiger partial charge in [0.25, 0.3) is 0 Å². The first-order valence-electron chi connectivity index (χ1n) is 11.6. The molecule has 0 unspecified atom stereocenters. The van der Waals surface area contributed by atoms with Crippen LogP contribution in [-0.4, -0.2) is 47.3 Å². The Morgan fingerprint density at radius 3 is 1.66 bits per heavy atom. The number of carbonyl (C=O) groups excluding carboxylic acids is 2. The van der Waals surface area contributed by atoms with E-state index < -0.39 is 5.97 Å². The van der Waals surface area contributed by atoms with Crippen LogP contribution >= 0.6 is 0 Å². The highest BCUT2D eigenvalue weighted by molar-refractivity contribution is 6.07. The lowest BCUT2D eigenvalue weighted by molar-refractivity contribution is -0.132. The number of benzene rings is 3. The van der Waals surface area contributed by atoms with E-state index in [-0.39, 0.29) is 11.5 Å². The Bertz CT molecular complexity index is 1330. The summed E-state index contributed by atoms with van der Waals surface area (Å²) in [4.78, 5) is 24.2. The molecule has 0 heterocycles. The van der Waals surface area contributed by atoms with Crippen molar-refractivity contribution in [3.05, 3.63) is 76.9 Å². The Morgan fingerprint density at radius 2 is 1.13 bits per heavy atom. The van der Waals surface area contributed by atoms with Gasteiger partial charge in [-0.2, -0.15) is 0 Å². The van der Waals surface area contributed by atoms with Crippen molar-refractivity contribution in [3.8, 4) is 34.5 Å². The molecule has 0 aliphatic carbocycles. The van der Waals surface area contributed by atoms with Gasteiger partial charge in [-0.05, 0) is 41.5 Å². The van der Waals surface area contributed by atoms with Gasteiger partial charge in [0.15, 0.2) is 28.8 Å². The molecule has 0 atom stereocenters. The lowest BCUT2D eigenvalue weighted by atomic mass is 10.1. The maximum absolute atomic E-state index is 12.8. The van der Waals surface area contributed by atoms with Gasteiger partial charge in [0.05, 0.1) is 35.5 Å². The highest BCUT2D eigenvalue weighted by Crippen LogP contribution is 2.39. The van der Waals surface area contributed by atoms with Gasteiger partial charge in [-0.3, -0.25) is 9.59 Å². The van der Waals surface area contributed by atoms with Crippen LogP contribution in [0.2, 0.25) is 0 Å². The number of hydrogen-bond acceptors (Lipinski definition) is 8. The number of methoxy groups -OCH3 is 5. The van der Waals surface area contributed by atoms with Crippen LogP contribution in [0.15, 0.2) is 54.6 Å². The third kappa shape index (κ3) is 6.73. The Kier molecular flexibility index (Phi) is 9.54. The lowest BCUT2D eigenvalue weighted by Gasteiger charge is -2.13. The van der Waals surface area contributed by atoms with E-state index in [2.05, 4.69) is 0 Å². The molecular formula is C30H30O8. The zero-order valence-electron chi connectivity index (χ0n) is 22.2. The molecule has 3 aromatic rings. The molecule has 0 spiro atoms. The minimum atomic E-state index is -0.475. The maximum Gasteiger partial charge on any atom is 0.308 e. The molecule has 0 radical (unpaired) electrons. The molecule has 8 nitrogen and oxygen atoms in total. The van der Waals surface area contributed by atoms with Crippen LogP contribution in [0.5, 0.6) is 34.5 Å². The molecular weight excluding hydrogens is 488 g/mol. The van der Waals surface area contributed by atoms with E-state index in [1.807, 2.05) is 24.3 Å². The first-order chi connectivity index (χ1) is 18.3. The number of allylic oxidation sites excluding steroid dienone is 1. The highest BCUT2D eigenvalue weighted by atomic mass is 16.6. The molecule has 0 amide bonds. The topological polar surface area (TPSA) is 89.5 Å². The summed E-state index contributed by atoms with van der Waals surface area (Å²) in [6.45, 7) is 1.31. The second-order valence-corrected chi connectivity index (χ2v) is 7.95. The summed E-state index contributed by atoms with van der Waals surface area (Å²) >= 11 is 0. The van der Waals surface area contributed by atoms with E-state index in [1.165, 1.54) is 27.2 Å². The molecule has 0 bridgehead atoms. The number of ether oxygens (including phenoxy) is 6. The summed E-state index contributed by atoms with van der Waals surface area (Å²) in [7, 11) is 7.61. The maximum atomic E-state index is 12.8. The SMILES string of the molecule is COc1cc(OC)c(OC)cc1/C=C/C(=O)c1ccc(/C=C/c2cc(OC)c(OC(C)=O)c(OC)c2)cc1. The molecule has 0 saturated carbocycles. The molecule has 198 valence electrons. The molecule has 0 aliphatic heterocycles. The normalized spacial score (nSPS) is 10.9. The predicted molar refractivity (Wildman–Crippen MR) is 146 cm³/mol. The Morgan fingerprint density at radius 1 is 0.605 bits per heavy atom. The van der Waals surface area contributed by atoms with Gasteiger partial charge in [-0.1, -0.05) is 36.4 Å². The van der Waals surface area contributed by atoms with Crippen molar-refractivity contribution >= 4 is 30.0 Å². The van der Waals surface area contributed by atoms with Gasteiger partial charge < -0.3 is 28.4 Å². The monoisotopic (exact) mass is 518 g/mol. The van der Waals surface area contributed by atoms with E-state index in [4.69, 9.17) is 28.4 Å². The fraction of sp³-hybridized carbons (Fsp3) is 0.200. The Balaban J connectivity index is 1.77. The molecule has 3 rings (SSSR count). The summed E-state index contributed by atoms with van der Waals surface area (Å²) in [5.41, 5.74) is 2.88. The van der Waals surface area contributed by atoms with E-state index in [0.717, 1.165) is 11.1 Å². The van der Waals surface area contributed by atoms with E-state index in [9.17, 15) is 9.59 Å². The quantitative estimate of drug-likeness (QED) is 0.105. The highest BCUT2D eigenvalue weighted by Gasteiger charge is 2.15. The summed E-state index contributed by atoms with van der Waals surface area (Å²) in [6.07, 6.45) is 6.91. The minimum absolute atomic E-state index is 0.159. The van der Waals surface area contributed by atoms with E-state index >= 15 is 0 Å². The third-order valence-corrected chi connectivity index (χ3v) is 5.54. The number of carbonyl (C=O) groups is 2. The first-order valence-corrected chi connectivity index (χ1v) is 11.6. The number of hydrogen-bond donors (Lipinski definition) is 0. The fourth-order valence-electron chi connectivity index (χ4n) is 3.64. The molecule has 0 saturated heterocycles. The van der Waals surface area contributed by atoms with Gasteiger partial charge >= 0.3 is 5.97 Å². The van der Waals surface area contributed by atoms with Crippen molar-refractivity contribution in [2.45, 2.75) is 6.92 Å².